The summed E-state index contributed by atoms with van der Waals surface area (Å²) in [4.78, 5) is 14.2. The Morgan fingerprint density at radius 3 is 2.63 bits per heavy atom. The normalized spacial score (nSPS) is 22.9. The highest BCUT2D eigenvalue weighted by Crippen LogP contribution is 2.23. The number of amides is 1. The van der Waals surface area contributed by atoms with E-state index in [1.54, 1.807) is 7.11 Å². The average molecular weight is 260 g/mol. The number of nitrogens with zero attached hydrogens (tertiary/aromatic N) is 1. The van der Waals surface area contributed by atoms with Gasteiger partial charge in [-0.25, -0.2) is 0 Å². The Morgan fingerprint density at radius 2 is 2.00 bits per heavy atom. The first-order valence-electron chi connectivity index (χ1n) is 6.94. The van der Waals surface area contributed by atoms with E-state index in [9.17, 15) is 4.79 Å². The summed E-state index contributed by atoms with van der Waals surface area (Å²) in [6.07, 6.45) is 3.38. The molecule has 1 aliphatic carbocycles. The van der Waals surface area contributed by atoms with Crippen LogP contribution in [0.4, 0.5) is 0 Å². The Hall–Kier alpha value is -1.55. The maximum atomic E-state index is 12.2. The molecule has 1 atom stereocenters. The van der Waals surface area contributed by atoms with Crippen LogP contribution in [0.3, 0.4) is 0 Å². The van der Waals surface area contributed by atoms with Crippen LogP contribution < -0.4 is 10.1 Å². The summed E-state index contributed by atoms with van der Waals surface area (Å²) in [6, 6.07) is 8.56. The molecule has 0 aromatic heterocycles. The second-order valence-corrected chi connectivity index (χ2v) is 5.39. The van der Waals surface area contributed by atoms with Crippen LogP contribution in [-0.4, -0.2) is 36.5 Å². The molecule has 102 valence electrons. The highest BCUT2D eigenvalue weighted by Gasteiger charge is 2.35. The van der Waals surface area contributed by atoms with E-state index in [1.165, 1.54) is 12.8 Å². The fraction of sp³-hybridized carbons (Fsp3) is 0.533. The van der Waals surface area contributed by atoms with Gasteiger partial charge in [0.15, 0.2) is 0 Å². The lowest BCUT2D eigenvalue weighted by Gasteiger charge is -2.17. The fourth-order valence-corrected chi connectivity index (χ4v) is 2.54. The van der Waals surface area contributed by atoms with E-state index in [2.05, 4.69) is 5.32 Å². The second-order valence-electron chi connectivity index (χ2n) is 5.39. The van der Waals surface area contributed by atoms with Crippen molar-refractivity contribution in [2.24, 2.45) is 0 Å². The van der Waals surface area contributed by atoms with Gasteiger partial charge < -0.3 is 15.0 Å². The van der Waals surface area contributed by atoms with Gasteiger partial charge in [0.05, 0.1) is 13.2 Å². The van der Waals surface area contributed by atoms with Crippen LogP contribution in [0.5, 0.6) is 5.75 Å². The predicted octanol–water partition coefficient (Wildman–Crippen LogP) is 1.55. The Bertz CT molecular complexity index is 454. The number of rotatable bonds is 5. The maximum Gasteiger partial charge on any atom is 0.240 e. The number of ether oxygens (including phenoxy) is 1. The van der Waals surface area contributed by atoms with Crippen molar-refractivity contribution in [1.29, 1.82) is 0 Å². The van der Waals surface area contributed by atoms with Gasteiger partial charge in [0, 0.05) is 19.1 Å². The summed E-state index contributed by atoms with van der Waals surface area (Å²) in [5, 5.41) is 3.43. The Morgan fingerprint density at radius 1 is 1.26 bits per heavy atom. The Labute approximate surface area is 113 Å². The summed E-state index contributed by atoms with van der Waals surface area (Å²) in [5.41, 5.74) is 1.15. The molecule has 19 heavy (non-hydrogen) atoms. The number of carbonyl (C=O) groups is 1. The van der Waals surface area contributed by atoms with Crippen molar-refractivity contribution in [1.82, 2.24) is 10.2 Å². The molecular weight excluding hydrogens is 240 g/mol. The van der Waals surface area contributed by atoms with Crippen molar-refractivity contribution in [3.05, 3.63) is 29.8 Å². The van der Waals surface area contributed by atoms with E-state index in [1.807, 2.05) is 29.2 Å². The molecule has 1 unspecified atom stereocenters. The van der Waals surface area contributed by atoms with E-state index < -0.39 is 0 Å². The monoisotopic (exact) mass is 260 g/mol. The number of benzene rings is 1. The quantitative estimate of drug-likeness (QED) is 0.873. The van der Waals surface area contributed by atoms with Gasteiger partial charge in [0.2, 0.25) is 5.91 Å². The van der Waals surface area contributed by atoms with Gasteiger partial charge in [0.25, 0.3) is 0 Å². The zero-order chi connectivity index (χ0) is 13.2. The van der Waals surface area contributed by atoms with Crippen molar-refractivity contribution >= 4 is 5.91 Å². The smallest absolute Gasteiger partial charge is 0.240 e. The highest BCUT2D eigenvalue weighted by molar-refractivity contribution is 5.84. The van der Waals surface area contributed by atoms with Gasteiger partial charge in [-0.1, -0.05) is 12.1 Å². The molecule has 4 nitrogen and oxygen atoms in total. The number of carbonyl (C=O) groups excluding carboxylic acids is 1. The summed E-state index contributed by atoms with van der Waals surface area (Å²) < 4.78 is 5.14. The van der Waals surface area contributed by atoms with Crippen LogP contribution in [-0.2, 0) is 11.3 Å². The first-order valence-corrected chi connectivity index (χ1v) is 6.94. The molecule has 1 amide bonds. The van der Waals surface area contributed by atoms with Crippen LogP contribution in [0.2, 0.25) is 0 Å². The van der Waals surface area contributed by atoms with Crippen LogP contribution in [0.15, 0.2) is 24.3 Å². The van der Waals surface area contributed by atoms with Crippen LogP contribution in [0.1, 0.15) is 24.8 Å². The molecule has 3 rings (SSSR count). The Kier molecular flexibility index (Phi) is 3.42. The molecule has 1 heterocycles. The summed E-state index contributed by atoms with van der Waals surface area (Å²) in [5.74, 6) is 1.10. The van der Waals surface area contributed by atoms with Crippen molar-refractivity contribution in [3.8, 4) is 5.75 Å². The van der Waals surface area contributed by atoms with E-state index >= 15 is 0 Å². The zero-order valence-corrected chi connectivity index (χ0v) is 11.3. The van der Waals surface area contributed by atoms with E-state index in [4.69, 9.17) is 4.74 Å². The second kappa shape index (κ2) is 5.21. The third-order valence-electron chi connectivity index (χ3n) is 3.84. The minimum atomic E-state index is 0.0470. The first-order chi connectivity index (χ1) is 9.26. The number of hydrogen-bond acceptors (Lipinski definition) is 3. The lowest BCUT2D eigenvalue weighted by Crippen LogP contribution is -2.39. The molecule has 1 saturated heterocycles. The molecule has 1 saturated carbocycles. The predicted molar refractivity (Wildman–Crippen MR) is 73.0 cm³/mol. The maximum absolute atomic E-state index is 12.2. The van der Waals surface area contributed by atoms with Gasteiger partial charge in [0.1, 0.15) is 5.75 Å². The van der Waals surface area contributed by atoms with E-state index in [0.717, 1.165) is 24.3 Å². The molecule has 4 heteroatoms. The molecule has 0 spiro atoms. The molecule has 2 fully saturated rings. The fourth-order valence-electron chi connectivity index (χ4n) is 2.54. The highest BCUT2D eigenvalue weighted by atomic mass is 16.5. The molecule has 1 N–H and O–H groups in total. The topological polar surface area (TPSA) is 41.6 Å². The minimum Gasteiger partial charge on any atom is -0.497 e. The standard InChI is InChI=1S/C15H20N2O2/c1-19-13-6-2-11(3-7-13)10-17-9-8-14(15(17)18)16-12-4-5-12/h2-3,6-7,12,14,16H,4-5,8-10H2,1H3. The summed E-state index contributed by atoms with van der Waals surface area (Å²) in [6.45, 7) is 1.56. The largest absolute Gasteiger partial charge is 0.497 e. The van der Waals surface area contributed by atoms with Crippen molar-refractivity contribution in [2.75, 3.05) is 13.7 Å². The number of nitrogens with one attached hydrogen (secondary N) is 1. The van der Waals surface area contributed by atoms with E-state index in [0.29, 0.717) is 12.6 Å². The SMILES string of the molecule is COc1ccc(CN2CCC(NC3CC3)C2=O)cc1. The van der Waals surface area contributed by atoms with E-state index in [-0.39, 0.29) is 11.9 Å². The molecule has 0 bridgehead atoms. The first kappa shape index (κ1) is 12.5. The lowest BCUT2D eigenvalue weighted by atomic mass is 10.2. The summed E-state index contributed by atoms with van der Waals surface area (Å²) >= 11 is 0. The number of likely N-dealkylation sites (tertiary alicyclic amines) is 1. The number of hydrogen-bond donors (Lipinski definition) is 1. The molecule has 1 aromatic carbocycles. The zero-order valence-electron chi connectivity index (χ0n) is 11.3. The van der Waals surface area contributed by atoms with Crippen LogP contribution >= 0.6 is 0 Å². The van der Waals surface area contributed by atoms with Crippen molar-refractivity contribution in [2.45, 2.75) is 37.9 Å². The van der Waals surface area contributed by atoms with Crippen LogP contribution in [0, 0.1) is 0 Å². The molecule has 2 aliphatic rings. The van der Waals surface area contributed by atoms with Crippen molar-refractivity contribution in [3.63, 3.8) is 0 Å². The molecule has 1 aromatic rings. The average Bonchev–Trinajstić information content (AvgIpc) is 3.19. The van der Waals surface area contributed by atoms with Gasteiger partial charge in [-0.15, -0.1) is 0 Å². The number of methoxy groups -OCH3 is 1. The van der Waals surface area contributed by atoms with Crippen LogP contribution in [0.25, 0.3) is 0 Å². The van der Waals surface area contributed by atoms with Gasteiger partial charge in [-0.3, -0.25) is 4.79 Å². The Balaban J connectivity index is 1.58. The van der Waals surface area contributed by atoms with Gasteiger partial charge >= 0.3 is 0 Å². The third-order valence-corrected chi connectivity index (χ3v) is 3.84. The molecule has 1 aliphatic heterocycles. The molecular formula is C15H20N2O2. The third kappa shape index (κ3) is 2.89. The lowest BCUT2D eigenvalue weighted by molar-refractivity contribution is -0.129. The van der Waals surface area contributed by atoms with Crippen molar-refractivity contribution < 1.29 is 9.53 Å². The molecule has 0 radical (unpaired) electrons. The summed E-state index contributed by atoms with van der Waals surface area (Å²) in [7, 11) is 1.66. The minimum absolute atomic E-state index is 0.0470. The van der Waals surface area contributed by atoms with Gasteiger partial charge in [-0.05, 0) is 37.0 Å². The van der Waals surface area contributed by atoms with Gasteiger partial charge in [-0.2, -0.15) is 0 Å².